The largest absolute Gasteiger partial charge is 0.309 e. The Morgan fingerprint density at radius 3 is 2.04 bits per heavy atom. The number of benzene rings is 4. The van der Waals surface area contributed by atoms with Crippen LogP contribution in [0.4, 0.5) is 0 Å². The molecule has 0 aliphatic heterocycles. The second-order valence-corrected chi connectivity index (χ2v) is 5.87. The second kappa shape index (κ2) is 4.72. The summed E-state index contributed by atoms with van der Waals surface area (Å²) in [5.74, 6) is 0. The molecule has 0 aliphatic rings. The summed E-state index contributed by atoms with van der Waals surface area (Å²) in [5.41, 5.74) is 3.75. The average Bonchev–Trinajstić information content (AvgIpc) is 2.97. The number of nitrogens with zero attached hydrogens (tertiary/aromatic N) is 1. The SMILES string of the molecule is c1ccc(-n2c3ccccc3c3ccc4ccccc4c32)cc1. The molecule has 0 fully saturated rings. The molecule has 5 aromatic rings. The molecular weight excluding hydrogens is 278 g/mol. The van der Waals surface area contributed by atoms with Crippen LogP contribution in [-0.4, -0.2) is 4.57 Å². The van der Waals surface area contributed by atoms with Crippen LogP contribution in [0, 0.1) is 0 Å². The van der Waals surface area contributed by atoms with Gasteiger partial charge >= 0.3 is 0 Å². The molecule has 0 unspecified atom stereocenters. The molecule has 108 valence electrons. The van der Waals surface area contributed by atoms with E-state index in [1.54, 1.807) is 0 Å². The van der Waals surface area contributed by atoms with E-state index < -0.39 is 0 Å². The number of hydrogen-bond donors (Lipinski definition) is 0. The van der Waals surface area contributed by atoms with Gasteiger partial charge in [0.25, 0.3) is 0 Å². The maximum absolute atomic E-state index is 2.38. The molecule has 1 aromatic heterocycles. The molecule has 1 heterocycles. The van der Waals surface area contributed by atoms with Crippen LogP contribution in [0.3, 0.4) is 0 Å². The van der Waals surface area contributed by atoms with E-state index in [-0.39, 0.29) is 0 Å². The van der Waals surface area contributed by atoms with Crippen molar-refractivity contribution in [3.05, 3.63) is 91.0 Å². The molecule has 0 bridgehead atoms. The Labute approximate surface area is 134 Å². The normalized spacial score (nSPS) is 11.5. The maximum Gasteiger partial charge on any atom is 0.0619 e. The monoisotopic (exact) mass is 293 g/mol. The molecule has 0 amide bonds. The van der Waals surface area contributed by atoms with Gasteiger partial charge in [-0.3, -0.25) is 0 Å². The van der Waals surface area contributed by atoms with E-state index in [9.17, 15) is 0 Å². The highest BCUT2D eigenvalue weighted by Crippen LogP contribution is 2.36. The zero-order valence-corrected chi connectivity index (χ0v) is 12.6. The molecule has 0 N–H and O–H groups in total. The lowest BCUT2D eigenvalue weighted by atomic mass is 10.1. The van der Waals surface area contributed by atoms with Gasteiger partial charge in [0, 0.05) is 21.8 Å². The maximum atomic E-state index is 2.38. The summed E-state index contributed by atoms with van der Waals surface area (Å²) in [4.78, 5) is 0. The Balaban J connectivity index is 2.10. The van der Waals surface area contributed by atoms with Crippen LogP contribution in [-0.2, 0) is 0 Å². The smallest absolute Gasteiger partial charge is 0.0619 e. The number of rotatable bonds is 1. The Hall–Kier alpha value is -3.06. The van der Waals surface area contributed by atoms with Crippen molar-refractivity contribution in [1.29, 1.82) is 0 Å². The summed E-state index contributed by atoms with van der Waals surface area (Å²) in [7, 11) is 0. The molecule has 4 aromatic carbocycles. The van der Waals surface area contributed by atoms with Crippen LogP contribution in [0.15, 0.2) is 91.0 Å². The van der Waals surface area contributed by atoms with E-state index in [1.165, 1.54) is 38.3 Å². The molecule has 0 spiro atoms. The van der Waals surface area contributed by atoms with Gasteiger partial charge in [-0.2, -0.15) is 0 Å². The predicted molar refractivity (Wildman–Crippen MR) is 98.3 cm³/mol. The van der Waals surface area contributed by atoms with Crippen LogP contribution in [0.1, 0.15) is 0 Å². The Morgan fingerprint density at radius 1 is 0.478 bits per heavy atom. The first kappa shape index (κ1) is 12.5. The first-order chi connectivity index (χ1) is 11.4. The van der Waals surface area contributed by atoms with Crippen LogP contribution >= 0.6 is 0 Å². The van der Waals surface area contributed by atoms with Gasteiger partial charge in [0.05, 0.1) is 11.0 Å². The summed E-state index contributed by atoms with van der Waals surface area (Å²) >= 11 is 0. The topological polar surface area (TPSA) is 4.93 Å². The Kier molecular flexibility index (Phi) is 2.56. The van der Waals surface area contributed by atoms with Crippen molar-refractivity contribution >= 4 is 32.6 Å². The summed E-state index contributed by atoms with van der Waals surface area (Å²) in [6, 6.07) is 32.4. The van der Waals surface area contributed by atoms with E-state index >= 15 is 0 Å². The molecule has 1 nitrogen and oxygen atoms in total. The van der Waals surface area contributed by atoms with Gasteiger partial charge in [0.1, 0.15) is 0 Å². The van der Waals surface area contributed by atoms with Gasteiger partial charge in [-0.1, -0.05) is 72.8 Å². The molecule has 0 saturated carbocycles. The Bertz CT molecular complexity index is 1150. The fraction of sp³-hybridized carbons (Fsp3) is 0. The summed E-state index contributed by atoms with van der Waals surface area (Å²) in [5, 5.41) is 5.19. The summed E-state index contributed by atoms with van der Waals surface area (Å²) in [6.45, 7) is 0. The molecule has 5 rings (SSSR count). The predicted octanol–water partition coefficient (Wildman–Crippen LogP) is 5.94. The van der Waals surface area contributed by atoms with Crippen molar-refractivity contribution in [1.82, 2.24) is 4.57 Å². The van der Waals surface area contributed by atoms with Crippen molar-refractivity contribution in [2.45, 2.75) is 0 Å². The molecule has 0 atom stereocenters. The van der Waals surface area contributed by atoms with Crippen molar-refractivity contribution in [3.8, 4) is 5.69 Å². The van der Waals surface area contributed by atoms with Crippen LogP contribution in [0.2, 0.25) is 0 Å². The fourth-order valence-corrected chi connectivity index (χ4v) is 3.58. The van der Waals surface area contributed by atoms with E-state index in [0.29, 0.717) is 0 Å². The van der Waals surface area contributed by atoms with Crippen molar-refractivity contribution in [3.63, 3.8) is 0 Å². The van der Waals surface area contributed by atoms with E-state index in [4.69, 9.17) is 0 Å². The number of aromatic nitrogens is 1. The quantitative estimate of drug-likeness (QED) is 0.360. The van der Waals surface area contributed by atoms with Gasteiger partial charge in [0.15, 0.2) is 0 Å². The number of para-hydroxylation sites is 2. The summed E-state index contributed by atoms with van der Waals surface area (Å²) < 4.78 is 2.38. The minimum absolute atomic E-state index is 1.20. The standard InChI is InChI=1S/C22H15N/c1-2-9-17(10-3-1)23-21-13-7-6-12-19(21)20-15-14-16-8-4-5-11-18(16)22(20)23/h1-15H. The molecule has 1 heteroatoms. The van der Waals surface area contributed by atoms with E-state index in [0.717, 1.165) is 0 Å². The molecular formula is C22H15N. The lowest BCUT2D eigenvalue weighted by Gasteiger charge is -2.09. The van der Waals surface area contributed by atoms with Gasteiger partial charge in [-0.25, -0.2) is 0 Å². The summed E-state index contributed by atoms with van der Waals surface area (Å²) in [6.07, 6.45) is 0. The molecule has 0 radical (unpaired) electrons. The van der Waals surface area contributed by atoms with Crippen molar-refractivity contribution in [2.75, 3.05) is 0 Å². The van der Waals surface area contributed by atoms with Gasteiger partial charge in [-0.15, -0.1) is 0 Å². The van der Waals surface area contributed by atoms with E-state index in [2.05, 4.69) is 95.6 Å². The molecule has 0 saturated heterocycles. The first-order valence-corrected chi connectivity index (χ1v) is 7.90. The van der Waals surface area contributed by atoms with Crippen LogP contribution < -0.4 is 0 Å². The van der Waals surface area contributed by atoms with Gasteiger partial charge in [0.2, 0.25) is 0 Å². The minimum atomic E-state index is 1.20. The lowest BCUT2D eigenvalue weighted by molar-refractivity contribution is 1.19. The minimum Gasteiger partial charge on any atom is -0.309 e. The van der Waals surface area contributed by atoms with Crippen molar-refractivity contribution < 1.29 is 0 Å². The van der Waals surface area contributed by atoms with E-state index in [1.807, 2.05) is 0 Å². The third kappa shape index (κ3) is 1.74. The van der Waals surface area contributed by atoms with Crippen molar-refractivity contribution in [2.24, 2.45) is 0 Å². The van der Waals surface area contributed by atoms with Crippen LogP contribution in [0.5, 0.6) is 0 Å². The highest BCUT2D eigenvalue weighted by molar-refractivity contribution is 6.18. The molecule has 23 heavy (non-hydrogen) atoms. The molecule has 0 aliphatic carbocycles. The van der Waals surface area contributed by atoms with Gasteiger partial charge in [-0.05, 0) is 23.6 Å². The highest BCUT2D eigenvalue weighted by atomic mass is 15.0. The number of hydrogen-bond acceptors (Lipinski definition) is 0. The highest BCUT2D eigenvalue weighted by Gasteiger charge is 2.13. The zero-order valence-electron chi connectivity index (χ0n) is 12.6. The third-order valence-corrected chi connectivity index (χ3v) is 4.57. The fourth-order valence-electron chi connectivity index (χ4n) is 3.58. The first-order valence-electron chi connectivity index (χ1n) is 7.90. The number of fused-ring (bicyclic) bond motifs is 5. The zero-order chi connectivity index (χ0) is 15.2. The third-order valence-electron chi connectivity index (χ3n) is 4.57. The van der Waals surface area contributed by atoms with Gasteiger partial charge < -0.3 is 4.57 Å². The average molecular weight is 293 g/mol. The Morgan fingerprint density at radius 2 is 1.17 bits per heavy atom. The van der Waals surface area contributed by atoms with Crippen LogP contribution in [0.25, 0.3) is 38.3 Å². The second-order valence-electron chi connectivity index (χ2n) is 5.87. The lowest BCUT2D eigenvalue weighted by Crippen LogP contribution is -1.93.